The summed E-state index contributed by atoms with van der Waals surface area (Å²) in [6, 6.07) is 3.79. The molecule has 100 valence electrons. The lowest BCUT2D eigenvalue weighted by molar-refractivity contribution is 0.356. The van der Waals surface area contributed by atoms with Gasteiger partial charge >= 0.3 is 0 Å². The van der Waals surface area contributed by atoms with Gasteiger partial charge in [0.1, 0.15) is 12.1 Å². The quantitative estimate of drug-likeness (QED) is 0.894. The van der Waals surface area contributed by atoms with Crippen LogP contribution in [-0.2, 0) is 0 Å². The number of anilines is 1. The van der Waals surface area contributed by atoms with E-state index in [2.05, 4.69) is 15.3 Å². The first-order chi connectivity index (χ1) is 9.31. The van der Waals surface area contributed by atoms with Gasteiger partial charge in [0.05, 0.1) is 19.7 Å². The topological polar surface area (TPSA) is 56.3 Å². The molecule has 1 aromatic carbocycles. The van der Waals surface area contributed by atoms with Crippen LogP contribution in [0.25, 0.3) is 10.9 Å². The second kappa shape index (κ2) is 4.91. The third-order valence-electron chi connectivity index (χ3n) is 3.40. The fourth-order valence-electron chi connectivity index (χ4n) is 2.09. The van der Waals surface area contributed by atoms with Gasteiger partial charge in [0.25, 0.3) is 0 Å². The molecule has 0 radical (unpaired) electrons. The largest absolute Gasteiger partial charge is 0.493 e. The van der Waals surface area contributed by atoms with Gasteiger partial charge in [-0.05, 0) is 24.8 Å². The van der Waals surface area contributed by atoms with Crippen molar-refractivity contribution in [2.75, 3.05) is 26.1 Å². The van der Waals surface area contributed by atoms with Gasteiger partial charge in [0.15, 0.2) is 11.5 Å². The summed E-state index contributed by atoms with van der Waals surface area (Å²) in [6.45, 7) is 0.973. The van der Waals surface area contributed by atoms with Crippen LogP contribution in [0.5, 0.6) is 11.5 Å². The van der Waals surface area contributed by atoms with Gasteiger partial charge in [-0.1, -0.05) is 0 Å². The Bertz CT molecular complexity index is 597. The molecular formula is C14H17N3O2. The number of fused-ring (bicyclic) bond motifs is 1. The summed E-state index contributed by atoms with van der Waals surface area (Å²) in [5.41, 5.74) is 0.853. The zero-order valence-corrected chi connectivity index (χ0v) is 11.1. The number of benzene rings is 1. The Morgan fingerprint density at radius 2 is 1.89 bits per heavy atom. The van der Waals surface area contributed by atoms with Crippen LogP contribution in [0.4, 0.5) is 5.82 Å². The maximum Gasteiger partial charge on any atom is 0.162 e. The summed E-state index contributed by atoms with van der Waals surface area (Å²) in [7, 11) is 3.25. The van der Waals surface area contributed by atoms with Crippen molar-refractivity contribution >= 4 is 16.7 Å². The van der Waals surface area contributed by atoms with Crippen LogP contribution in [0.1, 0.15) is 12.8 Å². The Kier molecular flexibility index (Phi) is 3.11. The van der Waals surface area contributed by atoms with Crippen molar-refractivity contribution in [2.24, 2.45) is 5.92 Å². The molecular weight excluding hydrogens is 242 g/mol. The Morgan fingerprint density at radius 3 is 2.58 bits per heavy atom. The predicted octanol–water partition coefficient (Wildman–Crippen LogP) is 2.47. The van der Waals surface area contributed by atoms with Crippen LogP contribution in [0.15, 0.2) is 18.5 Å². The average Bonchev–Trinajstić information content (AvgIpc) is 3.27. The molecule has 1 saturated carbocycles. The zero-order chi connectivity index (χ0) is 13.2. The molecule has 0 amide bonds. The third-order valence-corrected chi connectivity index (χ3v) is 3.40. The molecule has 3 rings (SSSR count). The minimum atomic E-state index is 0.682. The Labute approximate surface area is 112 Å². The number of hydrogen-bond donors (Lipinski definition) is 1. The lowest BCUT2D eigenvalue weighted by atomic mass is 10.2. The monoisotopic (exact) mass is 259 g/mol. The fraction of sp³-hybridized carbons (Fsp3) is 0.429. The molecule has 1 fully saturated rings. The van der Waals surface area contributed by atoms with E-state index in [1.165, 1.54) is 12.8 Å². The van der Waals surface area contributed by atoms with E-state index in [-0.39, 0.29) is 0 Å². The van der Waals surface area contributed by atoms with E-state index in [0.717, 1.165) is 29.2 Å². The highest BCUT2D eigenvalue weighted by Crippen LogP contribution is 2.34. The van der Waals surface area contributed by atoms with Crippen molar-refractivity contribution in [3.63, 3.8) is 0 Å². The number of ether oxygens (including phenoxy) is 2. The first-order valence-corrected chi connectivity index (χ1v) is 6.42. The SMILES string of the molecule is COc1cc2ncnc(NCC3CC3)c2cc1OC. The number of nitrogens with one attached hydrogen (secondary N) is 1. The van der Waals surface area contributed by atoms with Crippen molar-refractivity contribution in [3.05, 3.63) is 18.5 Å². The minimum absolute atomic E-state index is 0.682. The smallest absolute Gasteiger partial charge is 0.162 e. The van der Waals surface area contributed by atoms with E-state index in [9.17, 15) is 0 Å². The van der Waals surface area contributed by atoms with E-state index in [1.807, 2.05) is 12.1 Å². The van der Waals surface area contributed by atoms with Gasteiger partial charge < -0.3 is 14.8 Å². The molecule has 0 atom stereocenters. The summed E-state index contributed by atoms with van der Waals surface area (Å²) in [5.74, 6) is 3.03. The maximum atomic E-state index is 5.33. The van der Waals surface area contributed by atoms with Crippen LogP contribution in [-0.4, -0.2) is 30.7 Å². The molecule has 0 aliphatic heterocycles. The highest BCUT2D eigenvalue weighted by atomic mass is 16.5. The van der Waals surface area contributed by atoms with Gasteiger partial charge in [-0.25, -0.2) is 9.97 Å². The van der Waals surface area contributed by atoms with Crippen LogP contribution < -0.4 is 14.8 Å². The summed E-state index contributed by atoms with van der Waals surface area (Å²) >= 11 is 0. The van der Waals surface area contributed by atoms with Gasteiger partial charge in [-0.2, -0.15) is 0 Å². The molecule has 2 aromatic rings. The van der Waals surface area contributed by atoms with Crippen LogP contribution >= 0.6 is 0 Å². The molecule has 0 spiro atoms. The van der Waals surface area contributed by atoms with Crippen LogP contribution in [0, 0.1) is 5.92 Å². The number of aromatic nitrogens is 2. The zero-order valence-electron chi connectivity index (χ0n) is 11.1. The molecule has 1 aliphatic carbocycles. The maximum absolute atomic E-state index is 5.33. The summed E-state index contributed by atoms with van der Waals surface area (Å²) in [6.07, 6.45) is 4.20. The van der Waals surface area contributed by atoms with E-state index in [0.29, 0.717) is 11.5 Å². The van der Waals surface area contributed by atoms with Crippen molar-refractivity contribution in [3.8, 4) is 11.5 Å². The minimum Gasteiger partial charge on any atom is -0.493 e. The van der Waals surface area contributed by atoms with Crippen LogP contribution in [0.2, 0.25) is 0 Å². The number of methoxy groups -OCH3 is 2. The summed E-state index contributed by atoms with van der Waals surface area (Å²) < 4.78 is 10.6. The van der Waals surface area contributed by atoms with E-state index < -0.39 is 0 Å². The molecule has 0 bridgehead atoms. The van der Waals surface area contributed by atoms with E-state index in [4.69, 9.17) is 9.47 Å². The predicted molar refractivity (Wildman–Crippen MR) is 73.9 cm³/mol. The highest BCUT2D eigenvalue weighted by molar-refractivity contribution is 5.91. The van der Waals surface area contributed by atoms with Crippen LogP contribution in [0.3, 0.4) is 0 Å². The first-order valence-electron chi connectivity index (χ1n) is 6.42. The van der Waals surface area contributed by atoms with Crippen molar-refractivity contribution in [1.82, 2.24) is 9.97 Å². The lowest BCUT2D eigenvalue weighted by Crippen LogP contribution is -2.06. The highest BCUT2D eigenvalue weighted by Gasteiger charge is 2.21. The standard InChI is InChI=1S/C14H17N3O2/c1-18-12-5-10-11(6-13(12)19-2)16-8-17-14(10)15-7-9-3-4-9/h5-6,8-9H,3-4,7H2,1-2H3,(H,15,16,17). The van der Waals surface area contributed by atoms with Crippen molar-refractivity contribution in [1.29, 1.82) is 0 Å². The Hall–Kier alpha value is -2.04. The average molecular weight is 259 g/mol. The van der Waals surface area contributed by atoms with Crippen molar-refractivity contribution < 1.29 is 9.47 Å². The molecule has 5 heteroatoms. The molecule has 5 nitrogen and oxygen atoms in total. The molecule has 1 aromatic heterocycles. The van der Waals surface area contributed by atoms with E-state index >= 15 is 0 Å². The van der Waals surface area contributed by atoms with Gasteiger partial charge in [0.2, 0.25) is 0 Å². The third kappa shape index (κ3) is 2.41. The number of nitrogens with zero attached hydrogens (tertiary/aromatic N) is 2. The first kappa shape index (κ1) is 12.0. The normalized spacial score (nSPS) is 14.4. The fourth-order valence-corrected chi connectivity index (χ4v) is 2.09. The second-order valence-corrected chi connectivity index (χ2v) is 4.77. The van der Waals surface area contributed by atoms with Crippen molar-refractivity contribution in [2.45, 2.75) is 12.8 Å². The van der Waals surface area contributed by atoms with E-state index in [1.54, 1.807) is 20.5 Å². The lowest BCUT2D eigenvalue weighted by Gasteiger charge is -2.11. The summed E-state index contributed by atoms with van der Waals surface area (Å²) in [5, 5.41) is 4.35. The van der Waals surface area contributed by atoms with Gasteiger partial charge in [-0.15, -0.1) is 0 Å². The van der Waals surface area contributed by atoms with Gasteiger partial charge in [0, 0.05) is 18.0 Å². The Balaban J connectivity index is 2.01. The molecule has 19 heavy (non-hydrogen) atoms. The number of hydrogen-bond acceptors (Lipinski definition) is 5. The summed E-state index contributed by atoms with van der Waals surface area (Å²) in [4.78, 5) is 8.60. The molecule has 0 saturated heterocycles. The second-order valence-electron chi connectivity index (χ2n) is 4.77. The Morgan fingerprint density at radius 1 is 1.16 bits per heavy atom. The molecule has 1 aliphatic rings. The van der Waals surface area contributed by atoms with Gasteiger partial charge in [-0.3, -0.25) is 0 Å². The number of rotatable bonds is 5. The molecule has 0 unspecified atom stereocenters. The molecule has 1 N–H and O–H groups in total. The molecule has 1 heterocycles.